The van der Waals surface area contributed by atoms with Crippen molar-refractivity contribution < 1.29 is 0 Å². The van der Waals surface area contributed by atoms with E-state index in [4.69, 9.17) is 11.6 Å². The molecule has 1 nitrogen and oxygen atoms in total. The molecule has 2 heterocycles. The van der Waals surface area contributed by atoms with Crippen molar-refractivity contribution in [1.29, 1.82) is 0 Å². The van der Waals surface area contributed by atoms with Gasteiger partial charge in [-0.3, -0.25) is 0 Å². The standard InChI is InChI=1S/C14H14ClNS/c1-9-7-16-8-10-6-13(17-14(9)10)11-4-2-3-5-12(11)15/h2-6,9,16H,7-8H2,1H3. The fourth-order valence-corrected chi connectivity index (χ4v) is 3.87. The molecule has 1 unspecified atom stereocenters. The van der Waals surface area contributed by atoms with E-state index >= 15 is 0 Å². The van der Waals surface area contributed by atoms with E-state index < -0.39 is 0 Å². The molecule has 1 aromatic heterocycles. The molecule has 0 bridgehead atoms. The Hall–Kier alpha value is -0.830. The molecule has 1 atom stereocenters. The molecular formula is C14H14ClNS. The lowest BCUT2D eigenvalue weighted by molar-refractivity contribution is 0.581. The van der Waals surface area contributed by atoms with Gasteiger partial charge in [0, 0.05) is 39.3 Å². The third-order valence-corrected chi connectivity index (χ3v) is 4.97. The fraction of sp³-hybridized carbons (Fsp3) is 0.286. The maximum absolute atomic E-state index is 6.25. The summed E-state index contributed by atoms with van der Waals surface area (Å²) in [6.45, 7) is 4.34. The first-order valence-electron chi connectivity index (χ1n) is 5.84. The highest BCUT2D eigenvalue weighted by Gasteiger charge is 2.20. The van der Waals surface area contributed by atoms with Gasteiger partial charge in [-0.2, -0.15) is 0 Å². The molecule has 0 spiro atoms. The lowest BCUT2D eigenvalue weighted by Gasteiger charge is -2.18. The second-order valence-electron chi connectivity index (χ2n) is 4.51. The molecule has 1 aromatic carbocycles. The summed E-state index contributed by atoms with van der Waals surface area (Å²) in [4.78, 5) is 2.80. The molecule has 3 rings (SSSR count). The number of halogens is 1. The van der Waals surface area contributed by atoms with Gasteiger partial charge < -0.3 is 5.32 Å². The Balaban J connectivity index is 2.08. The zero-order valence-corrected chi connectivity index (χ0v) is 11.2. The van der Waals surface area contributed by atoms with Crippen molar-refractivity contribution in [2.75, 3.05) is 6.54 Å². The maximum Gasteiger partial charge on any atom is 0.0492 e. The van der Waals surface area contributed by atoms with Crippen LogP contribution in [0.4, 0.5) is 0 Å². The second-order valence-corrected chi connectivity index (χ2v) is 6.00. The Morgan fingerprint density at radius 3 is 2.94 bits per heavy atom. The average molecular weight is 264 g/mol. The molecule has 1 aliphatic heterocycles. The minimum Gasteiger partial charge on any atom is -0.312 e. The molecule has 0 saturated heterocycles. The monoisotopic (exact) mass is 263 g/mol. The number of nitrogens with one attached hydrogen (secondary N) is 1. The molecule has 0 saturated carbocycles. The fourth-order valence-electron chi connectivity index (χ4n) is 2.31. The predicted octanol–water partition coefficient (Wildman–Crippen LogP) is 4.28. The van der Waals surface area contributed by atoms with Crippen LogP contribution in [0.1, 0.15) is 23.3 Å². The van der Waals surface area contributed by atoms with E-state index in [1.807, 2.05) is 29.5 Å². The zero-order chi connectivity index (χ0) is 11.8. The van der Waals surface area contributed by atoms with Crippen LogP contribution in [0.25, 0.3) is 10.4 Å². The van der Waals surface area contributed by atoms with Crippen molar-refractivity contribution in [3.63, 3.8) is 0 Å². The lowest BCUT2D eigenvalue weighted by Crippen LogP contribution is -2.24. The van der Waals surface area contributed by atoms with Crippen molar-refractivity contribution in [1.82, 2.24) is 5.32 Å². The van der Waals surface area contributed by atoms with Crippen molar-refractivity contribution in [3.05, 3.63) is 45.8 Å². The number of rotatable bonds is 1. The van der Waals surface area contributed by atoms with E-state index in [2.05, 4.69) is 24.4 Å². The summed E-state index contributed by atoms with van der Waals surface area (Å²) in [5.41, 5.74) is 2.59. The highest BCUT2D eigenvalue weighted by Crippen LogP contribution is 2.39. The summed E-state index contributed by atoms with van der Waals surface area (Å²) in [5, 5.41) is 4.28. The third-order valence-electron chi connectivity index (χ3n) is 3.19. The maximum atomic E-state index is 6.25. The van der Waals surface area contributed by atoms with Gasteiger partial charge in [-0.15, -0.1) is 11.3 Å². The first-order chi connectivity index (χ1) is 8.25. The molecule has 0 fully saturated rings. The SMILES string of the molecule is CC1CNCc2cc(-c3ccccc3Cl)sc21. The summed E-state index contributed by atoms with van der Waals surface area (Å²) in [6.07, 6.45) is 0. The van der Waals surface area contributed by atoms with Crippen molar-refractivity contribution in [3.8, 4) is 10.4 Å². The van der Waals surface area contributed by atoms with Gasteiger partial charge in [-0.05, 0) is 17.7 Å². The van der Waals surface area contributed by atoms with E-state index in [-0.39, 0.29) is 0 Å². The molecule has 88 valence electrons. The van der Waals surface area contributed by atoms with Crippen LogP contribution in [-0.2, 0) is 6.54 Å². The summed E-state index contributed by atoms with van der Waals surface area (Å²) in [7, 11) is 0. The first kappa shape index (κ1) is 11.3. The van der Waals surface area contributed by atoms with E-state index in [9.17, 15) is 0 Å². The van der Waals surface area contributed by atoms with Gasteiger partial charge in [0.25, 0.3) is 0 Å². The summed E-state index contributed by atoms with van der Waals surface area (Å²) in [5.74, 6) is 0.611. The average Bonchev–Trinajstić information content (AvgIpc) is 2.75. The third kappa shape index (κ3) is 2.01. The zero-order valence-electron chi connectivity index (χ0n) is 9.66. The molecule has 0 radical (unpaired) electrons. The van der Waals surface area contributed by atoms with Gasteiger partial charge in [0.05, 0.1) is 0 Å². The minimum atomic E-state index is 0.611. The topological polar surface area (TPSA) is 12.0 Å². The van der Waals surface area contributed by atoms with Crippen molar-refractivity contribution in [2.45, 2.75) is 19.4 Å². The van der Waals surface area contributed by atoms with E-state index in [1.165, 1.54) is 15.3 Å². The highest BCUT2D eigenvalue weighted by molar-refractivity contribution is 7.15. The number of hydrogen-bond donors (Lipinski definition) is 1. The number of fused-ring (bicyclic) bond motifs is 1. The van der Waals surface area contributed by atoms with Crippen LogP contribution in [0.15, 0.2) is 30.3 Å². The van der Waals surface area contributed by atoms with Crippen LogP contribution in [0.3, 0.4) is 0 Å². The predicted molar refractivity (Wildman–Crippen MR) is 74.9 cm³/mol. The van der Waals surface area contributed by atoms with Crippen molar-refractivity contribution >= 4 is 22.9 Å². The lowest BCUT2D eigenvalue weighted by atomic mass is 10.0. The van der Waals surface area contributed by atoms with E-state index in [0.29, 0.717) is 5.92 Å². The van der Waals surface area contributed by atoms with Crippen LogP contribution in [0, 0.1) is 0 Å². The summed E-state index contributed by atoms with van der Waals surface area (Å²) in [6, 6.07) is 10.4. The normalized spacial score (nSPS) is 19.1. The van der Waals surface area contributed by atoms with E-state index in [0.717, 1.165) is 23.7 Å². The molecule has 17 heavy (non-hydrogen) atoms. The Bertz CT molecular complexity index is 547. The van der Waals surface area contributed by atoms with Gasteiger partial charge in [-0.1, -0.05) is 36.7 Å². The Labute approximate surface area is 110 Å². The van der Waals surface area contributed by atoms with Crippen molar-refractivity contribution in [2.24, 2.45) is 0 Å². The smallest absolute Gasteiger partial charge is 0.0492 e. The van der Waals surface area contributed by atoms with Gasteiger partial charge in [0.1, 0.15) is 0 Å². The number of thiophene rings is 1. The number of benzene rings is 1. The summed E-state index contributed by atoms with van der Waals surface area (Å²) < 4.78 is 0. The number of hydrogen-bond acceptors (Lipinski definition) is 2. The quantitative estimate of drug-likeness (QED) is 0.810. The first-order valence-corrected chi connectivity index (χ1v) is 7.03. The highest BCUT2D eigenvalue weighted by atomic mass is 35.5. The summed E-state index contributed by atoms with van der Waals surface area (Å²) >= 11 is 8.14. The largest absolute Gasteiger partial charge is 0.312 e. The Morgan fingerprint density at radius 2 is 2.18 bits per heavy atom. The molecular weight excluding hydrogens is 250 g/mol. The molecule has 3 heteroatoms. The van der Waals surface area contributed by atoms with E-state index in [1.54, 1.807) is 0 Å². The Kier molecular flexibility index (Phi) is 2.95. The molecule has 0 amide bonds. The molecule has 0 aliphatic carbocycles. The van der Waals surface area contributed by atoms with Gasteiger partial charge in [-0.25, -0.2) is 0 Å². The van der Waals surface area contributed by atoms with Crippen LogP contribution in [-0.4, -0.2) is 6.54 Å². The Morgan fingerprint density at radius 1 is 1.35 bits per heavy atom. The van der Waals surface area contributed by atoms with Crippen LogP contribution in [0.2, 0.25) is 5.02 Å². The molecule has 2 aromatic rings. The molecule has 1 N–H and O–H groups in total. The van der Waals surface area contributed by atoms with Gasteiger partial charge in [0.15, 0.2) is 0 Å². The van der Waals surface area contributed by atoms with Crippen LogP contribution < -0.4 is 5.32 Å². The molecule has 1 aliphatic rings. The van der Waals surface area contributed by atoms with Gasteiger partial charge >= 0.3 is 0 Å². The van der Waals surface area contributed by atoms with Crippen LogP contribution in [0.5, 0.6) is 0 Å². The van der Waals surface area contributed by atoms with Crippen LogP contribution >= 0.6 is 22.9 Å². The second kappa shape index (κ2) is 4.45. The van der Waals surface area contributed by atoms with Gasteiger partial charge in [0.2, 0.25) is 0 Å². The minimum absolute atomic E-state index is 0.611.